The highest BCUT2D eigenvalue weighted by molar-refractivity contribution is 5.89. The number of nitrogens with zero attached hydrogens (tertiary/aromatic N) is 1. The summed E-state index contributed by atoms with van der Waals surface area (Å²) in [7, 11) is 1.58. The van der Waals surface area contributed by atoms with Crippen molar-refractivity contribution in [2.45, 2.75) is 32.0 Å². The van der Waals surface area contributed by atoms with Crippen LogP contribution in [0, 0.1) is 0 Å². The maximum Gasteiger partial charge on any atom is 0.414 e. The van der Waals surface area contributed by atoms with Crippen molar-refractivity contribution in [3.05, 3.63) is 24.3 Å². The number of carbonyl (C=O) groups excluding carboxylic acids is 1. The number of anilines is 1. The maximum atomic E-state index is 11.8. The van der Waals surface area contributed by atoms with Crippen LogP contribution in [0.4, 0.5) is 10.5 Å². The lowest BCUT2D eigenvalue weighted by Crippen LogP contribution is -2.25. The molecule has 1 aliphatic rings. The van der Waals surface area contributed by atoms with Gasteiger partial charge in [0.25, 0.3) is 0 Å². The first-order valence-electron chi connectivity index (χ1n) is 7.31. The second kappa shape index (κ2) is 6.98. The number of rotatable bonds is 7. The second-order valence-corrected chi connectivity index (χ2v) is 5.98. The fourth-order valence-corrected chi connectivity index (χ4v) is 2.15. The first-order chi connectivity index (χ1) is 10.4. The van der Waals surface area contributed by atoms with Gasteiger partial charge >= 0.3 is 6.09 Å². The van der Waals surface area contributed by atoms with Gasteiger partial charge in [0.2, 0.25) is 0 Å². The fraction of sp³-hybridized carbons (Fsp3) is 0.562. The number of methoxy groups -OCH3 is 1. The van der Waals surface area contributed by atoms with Crippen LogP contribution in [0.5, 0.6) is 5.75 Å². The molecular formula is C16H23NO5. The molecule has 1 aromatic rings. The number of ether oxygens (including phenoxy) is 3. The lowest BCUT2D eigenvalue weighted by molar-refractivity contribution is 0.0553. The van der Waals surface area contributed by atoms with Crippen LogP contribution < -0.4 is 9.64 Å². The Kier molecular flexibility index (Phi) is 5.26. The van der Waals surface area contributed by atoms with E-state index in [0.717, 1.165) is 5.69 Å². The summed E-state index contributed by atoms with van der Waals surface area (Å²) in [4.78, 5) is 13.4. The standard InChI is InChI=1S/C16H23NO5/c1-16(2,19)8-9-21-13-6-4-12(5-7-13)17-10-14(11-20-3)22-15(17)18/h4-7,14,19H,8-11H2,1-3H3/t14-/m1/s1. The molecule has 6 nitrogen and oxygen atoms in total. The van der Waals surface area contributed by atoms with Crippen LogP contribution in [0.1, 0.15) is 20.3 Å². The molecule has 6 heteroatoms. The molecule has 0 radical (unpaired) electrons. The number of hydrogen-bond donors (Lipinski definition) is 1. The van der Waals surface area contributed by atoms with E-state index in [4.69, 9.17) is 14.2 Å². The van der Waals surface area contributed by atoms with Crippen LogP contribution in [0.3, 0.4) is 0 Å². The van der Waals surface area contributed by atoms with Crippen LogP contribution in [-0.2, 0) is 9.47 Å². The van der Waals surface area contributed by atoms with Crippen molar-refractivity contribution in [3.8, 4) is 5.75 Å². The highest BCUT2D eigenvalue weighted by Crippen LogP contribution is 2.24. The monoisotopic (exact) mass is 309 g/mol. The third-order valence-electron chi connectivity index (χ3n) is 3.36. The van der Waals surface area contributed by atoms with E-state index >= 15 is 0 Å². The number of cyclic esters (lactones) is 1. The number of aliphatic hydroxyl groups is 1. The predicted octanol–water partition coefficient (Wildman–Crippen LogP) is 2.20. The van der Waals surface area contributed by atoms with Crippen LogP contribution in [0.25, 0.3) is 0 Å². The fourth-order valence-electron chi connectivity index (χ4n) is 2.15. The number of amides is 1. The Morgan fingerprint density at radius 2 is 2.05 bits per heavy atom. The highest BCUT2D eigenvalue weighted by atomic mass is 16.6. The molecule has 0 aliphatic carbocycles. The Balaban J connectivity index is 1.90. The smallest absolute Gasteiger partial charge is 0.414 e. The van der Waals surface area contributed by atoms with Crippen LogP contribution in [0.15, 0.2) is 24.3 Å². The summed E-state index contributed by atoms with van der Waals surface area (Å²) in [5, 5.41) is 9.63. The summed E-state index contributed by atoms with van der Waals surface area (Å²) in [5.41, 5.74) is 0.0220. The van der Waals surface area contributed by atoms with Gasteiger partial charge in [-0.1, -0.05) is 0 Å². The minimum absolute atomic E-state index is 0.236. The summed E-state index contributed by atoms with van der Waals surface area (Å²) in [6.07, 6.45) is -0.0516. The van der Waals surface area contributed by atoms with Gasteiger partial charge in [0, 0.05) is 19.2 Å². The van der Waals surface area contributed by atoms with E-state index in [1.807, 2.05) is 12.1 Å². The first kappa shape index (κ1) is 16.6. The van der Waals surface area contributed by atoms with Gasteiger partial charge in [-0.3, -0.25) is 4.90 Å². The van der Waals surface area contributed by atoms with Gasteiger partial charge in [0.05, 0.1) is 25.4 Å². The molecular weight excluding hydrogens is 286 g/mol. The Bertz CT molecular complexity index is 494. The summed E-state index contributed by atoms with van der Waals surface area (Å²) >= 11 is 0. The van der Waals surface area contributed by atoms with Gasteiger partial charge in [-0.15, -0.1) is 0 Å². The van der Waals surface area contributed by atoms with Gasteiger partial charge in [-0.2, -0.15) is 0 Å². The summed E-state index contributed by atoms with van der Waals surface area (Å²) in [6, 6.07) is 7.24. The Morgan fingerprint density at radius 1 is 1.36 bits per heavy atom. The van der Waals surface area contributed by atoms with Crippen molar-refractivity contribution < 1.29 is 24.1 Å². The van der Waals surface area contributed by atoms with Gasteiger partial charge in [0.1, 0.15) is 11.9 Å². The van der Waals surface area contributed by atoms with Gasteiger partial charge in [0.15, 0.2) is 0 Å². The molecule has 1 atom stereocenters. The van der Waals surface area contributed by atoms with Crippen LogP contribution in [-0.4, -0.2) is 49.8 Å². The van der Waals surface area contributed by atoms with E-state index in [-0.39, 0.29) is 12.2 Å². The quantitative estimate of drug-likeness (QED) is 0.836. The number of hydrogen-bond acceptors (Lipinski definition) is 5. The molecule has 1 amide bonds. The lowest BCUT2D eigenvalue weighted by atomic mass is 10.1. The van der Waals surface area contributed by atoms with E-state index in [2.05, 4.69) is 0 Å². The average Bonchev–Trinajstić information content (AvgIpc) is 2.79. The minimum Gasteiger partial charge on any atom is -0.493 e. The zero-order valence-corrected chi connectivity index (χ0v) is 13.2. The Morgan fingerprint density at radius 3 is 2.64 bits per heavy atom. The molecule has 1 aromatic carbocycles. The Labute approximate surface area is 130 Å². The molecule has 1 saturated heterocycles. The molecule has 1 aliphatic heterocycles. The van der Waals surface area contributed by atoms with Gasteiger partial charge in [-0.05, 0) is 38.1 Å². The average molecular weight is 309 g/mol. The summed E-state index contributed by atoms with van der Waals surface area (Å²) in [6.45, 7) is 4.79. The molecule has 22 heavy (non-hydrogen) atoms. The zero-order chi connectivity index (χ0) is 16.2. The van der Waals surface area contributed by atoms with E-state index in [9.17, 15) is 9.90 Å². The van der Waals surface area contributed by atoms with Crippen molar-refractivity contribution in [1.29, 1.82) is 0 Å². The zero-order valence-electron chi connectivity index (χ0n) is 13.2. The van der Waals surface area contributed by atoms with E-state index in [0.29, 0.717) is 31.9 Å². The van der Waals surface area contributed by atoms with Crippen molar-refractivity contribution in [2.24, 2.45) is 0 Å². The molecule has 1 N–H and O–H groups in total. The van der Waals surface area contributed by atoms with Gasteiger partial charge < -0.3 is 19.3 Å². The number of carbonyl (C=O) groups is 1. The second-order valence-electron chi connectivity index (χ2n) is 5.98. The number of benzene rings is 1. The van der Waals surface area contributed by atoms with E-state index in [1.54, 1.807) is 38.0 Å². The SMILES string of the molecule is COC[C@H]1CN(c2ccc(OCCC(C)(C)O)cc2)C(=O)O1. The Hall–Kier alpha value is -1.79. The third kappa shape index (κ3) is 4.61. The molecule has 1 heterocycles. The molecule has 122 valence electrons. The topological polar surface area (TPSA) is 68.2 Å². The minimum atomic E-state index is -0.740. The van der Waals surface area contributed by atoms with Crippen molar-refractivity contribution in [1.82, 2.24) is 0 Å². The third-order valence-corrected chi connectivity index (χ3v) is 3.36. The highest BCUT2D eigenvalue weighted by Gasteiger charge is 2.32. The van der Waals surface area contributed by atoms with E-state index < -0.39 is 5.60 Å². The van der Waals surface area contributed by atoms with Gasteiger partial charge in [-0.25, -0.2) is 4.79 Å². The predicted molar refractivity (Wildman–Crippen MR) is 82.3 cm³/mol. The molecule has 0 saturated carbocycles. The maximum absolute atomic E-state index is 11.8. The van der Waals surface area contributed by atoms with Crippen molar-refractivity contribution in [3.63, 3.8) is 0 Å². The largest absolute Gasteiger partial charge is 0.493 e. The van der Waals surface area contributed by atoms with Crippen molar-refractivity contribution in [2.75, 3.05) is 31.8 Å². The van der Waals surface area contributed by atoms with Crippen LogP contribution >= 0.6 is 0 Å². The molecule has 0 bridgehead atoms. The molecule has 1 fully saturated rings. The van der Waals surface area contributed by atoms with Crippen molar-refractivity contribution >= 4 is 11.8 Å². The summed E-state index contributed by atoms with van der Waals surface area (Å²) in [5.74, 6) is 0.703. The molecule has 0 unspecified atom stereocenters. The molecule has 0 spiro atoms. The van der Waals surface area contributed by atoms with Crippen LogP contribution in [0.2, 0.25) is 0 Å². The first-order valence-corrected chi connectivity index (χ1v) is 7.31. The van der Waals surface area contributed by atoms with E-state index in [1.165, 1.54) is 0 Å². The molecule has 0 aromatic heterocycles. The molecule has 2 rings (SSSR count). The lowest BCUT2D eigenvalue weighted by Gasteiger charge is -2.17. The normalized spacial score (nSPS) is 18.5. The summed E-state index contributed by atoms with van der Waals surface area (Å²) < 4.78 is 15.8.